The summed E-state index contributed by atoms with van der Waals surface area (Å²) in [5.41, 5.74) is 0.296. The van der Waals surface area contributed by atoms with Crippen LogP contribution in [-0.4, -0.2) is 17.1 Å². The molecule has 2 aliphatic rings. The lowest BCUT2D eigenvalue weighted by molar-refractivity contribution is -0.0394. The zero-order valence-electron chi connectivity index (χ0n) is 11.4. The zero-order chi connectivity index (χ0) is 12.3. The summed E-state index contributed by atoms with van der Waals surface area (Å²) >= 11 is 6.35. The van der Waals surface area contributed by atoms with E-state index in [0.29, 0.717) is 23.0 Å². The first-order chi connectivity index (χ1) is 8.10. The van der Waals surface area contributed by atoms with Crippen LogP contribution in [0.4, 0.5) is 0 Å². The average molecular weight is 259 g/mol. The number of halogens is 1. The van der Waals surface area contributed by atoms with Gasteiger partial charge in [0.25, 0.3) is 0 Å². The fourth-order valence-electron chi connectivity index (χ4n) is 3.48. The SMILES string of the molecule is CC(C)CC(Cl)CCC1CCC2(CCCC2)O1. The molecule has 0 radical (unpaired) electrons. The topological polar surface area (TPSA) is 9.23 Å². The number of hydrogen-bond acceptors (Lipinski definition) is 1. The molecule has 2 fully saturated rings. The second-order valence-electron chi connectivity index (χ2n) is 6.47. The first kappa shape index (κ1) is 13.7. The van der Waals surface area contributed by atoms with Crippen molar-refractivity contribution >= 4 is 11.6 Å². The van der Waals surface area contributed by atoms with Gasteiger partial charge in [-0.05, 0) is 50.9 Å². The highest BCUT2D eigenvalue weighted by Gasteiger charge is 2.41. The Balaban J connectivity index is 1.67. The Morgan fingerprint density at radius 1 is 1.24 bits per heavy atom. The summed E-state index contributed by atoms with van der Waals surface area (Å²) in [4.78, 5) is 0. The Kier molecular flexibility index (Phi) is 4.77. The molecule has 0 aromatic carbocycles. The van der Waals surface area contributed by atoms with Crippen molar-refractivity contribution in [1.29, 1.82) is 0 Å². The molecule has 17 heavy (non-hydrogen) atoms. The fraction of sp³-hybridized carbons (Fsp3) is 1.00. The molecule has 2 unspecified atom stereocenters. The molecule has 0 bridgehead atoms. The molecule has 1 aliphatic heterocycles. The molecule has 0 N–H and O–H groups in total. The van der Waals surface area contributed by atoms with E-state index in [-0.39, 0.29) is 0 Å². The third-order valence-corrected chi connectivity index (χ3v) is 4.78. The molecule has 0 amide bonds. The second-order valence-corrected chi connectivity index (χ2v) is 7.09. The molecule has 0 aromatic heterocycles. The molecule has 100 valence electrons. The highest BCUT2D eigenvalue weighted by Crippen LogP contribution is 2.44. The molecule has 0 aromatic rings. The summed E-state index contributed by atoms with van der Waals surface area (Å²) in [5, 5.41) is 0.346. The van der Waals surface area contributed by atoms with Crippen LogP contribution >= 0.6 is 11.6 Å². The number of hydrogen-bond donors (Lipinski definition) is 0. The van der Waals surface area contributed by atoms with Gasteiger partial charge < -0.3 is 4.74 Å². The number of rotatable bonds is 5. The van der Waals surface area contributed by atoms with Crippen LogP contribution in [-0.2, 0) is 4.74 Å². The Labute approximate surface area is 111 Å². The van der Waals surface area contributed by atoms with E-state index < -0.39 is 0 Å². The fourth-order valence-corrected chi connectivity index (χ4v) is 3.96. The molecule has 1 aliphatic carbocycles. The van der Waals surface area contributed by atoms with E-state index in [1.54, 1.807) is 0 Å². The highest BCUT2D eigenvalue weighted by atomic mass is 35.5. The summed E-state index contributed by atoms with van der Waals surface area (Å²) < 4.78 is 6.31. The van der Waals surface area contributed by atoms with Gasteiger partial charge in [-0.25, -0.2) is 0 Å². The minimum absolute atomic E-state index is 0.296. The predicted molar refractivity (Wildman–Crippen MR) is 73.6 cm³/mol. The maximum atomic E-state index is 6.35. The van der Waals surface area contributed by atoms with Crippen molar-refractivity contribution in [3.63, 3.8) is 0 Å². The lowest BCUT2D eigenvalue weighted by Crippen LogP contribution is -2.25. The largest absolute Gasteiger partial charge is 0.372 e. The minimum atomic E-state index is 0.296. The lowest BCUT2D eigenvalue weighted by atomic mass is 9.97. The minimum Gasteiger partial charge on any atom is -0.372 e. The smallest absolute Gasteiger partial charge is 0.0687 e. The van der Waals surface area contributed by atoms with Gasteiger partial charge in [-0.3, -0.25) is 0 Å². The monoisotopic (exact) mass is 258 g/mol. The van der Waals surface area contributed by atoms with Gasteiger partial charge in [-0.15, -0.1) is 11.6 Å². The van der Waals surface area contributed by atoms with Crippen LogP contribution in [0.25, 0.3) is 0 Å². The van der Waals surface area contributed by atoms with E-state index in [0.717, 1.165) is 12.8 Å². The second kappa shape index (κ2) is 5.93. The first-order valence-corrected chi connectivity index (χ1v) is 7.85. The summed E-state index contributed by atoms with van der Waals surface area (Å²) in [6.45, 7) is 4.49. The van der Waals surface area contributed by atoms with Crippen molar-refractivity contribution < 1.29 is 4.74 Å². The average Bonchev–Trinajstić information content (AvgIpc) is 2.86. The van der Waals surface area contributed by atoms with Crippen molar-refractivity contribution in [2.24, 2.45) is 5.92 Å². The van der Waals surface area contributed by atoms with Crippen LogP contribution in [0, 0.1) is 5.92 Å². The van der Waals surface area contributed by atoms with Crippen molar-refractivity contribution in [1.82, 2.24) is 0 Å². The molecule has 2 heteroatoms. The molecular formula is C15H27ClO. The highest BCUT2D eigenvalue weighted by molar-refractivity contribution is 6.20. The number of alkyl halides is 1. The van der Waals surface area contributed by atoms with Crippen molar-refractivity contribution in [2.45, 2.75) is 88.7 Å². The zero-order valence-corrected chi connectivity index (χ0v) is 12.1. The molecule has 2 atom stereocenters. The van der Waals surface area contributed by atoms with Gasteiger partial charge >= 0.3 is 0 Å². The third-order valence-electron chi connectivity index (χ3n) is 4.38. The van der Waals surface area contributed by atoms with Gasteiger partial charge in [-0.1, -0.05) is 26.7 Å². The Hall–Kier alpha value is 0.250. The van der Waals surface area contributed by atoms with Crippen LogP contribution in [0.5, 0.6) is 0 Å². The van der Waals surface area contributed by atoms with Gasteiger partial charge in [0.05, 0.1) is 11.7 Å². The van der Waals surface area contributed by atoms with Gasteiger partial charge in [0.1, 0.15) is 0 Å². The van der Waals surface area contributed by atoms with Crippen LogP contribution < -0.4 is 0 Å². The van der Waals surface area contributed by atoms with Crippen LogP contribution in [0.15, 0.2) is 0 Å². The van der Waals surface area contributed by atoms with Crippen molar-refractivity contribution in [3.05, 3.63) is 0 Å². The van der Waals surface area contributed by atoms with E-state index in [2.05, 4.69) is 13.8 Å². The summed E-state index contributed by atoms with van der Waals surface area (Å²) in [5.74, 6) is 0.711. The Morgan fingerprint density at radius 3 is 2.59 bits per heavy atom. The predicted octanol–water partition coefficient (Wildman–Crippen LogP) is 4.91. The van der Waals surface area contributed by atoms with E-state index in [1.807, 2.05) is 0 Å². The number of ether oxygens (including phenoxy) is 1. The molecule has 1 saturated carbocycles. The molecular weight excluding hydrogens is 232 g/mol. The summed E-state index contributed by atoms with van der Waals surface area (Å²) in [6.07, 6.45) is 11.9. The third kappa shape index (κ3) is 3.86. The standard InChI is InChI=1S/C15H27ClO/c1-12(2)11-13(16)5-6-14-7-10-15(17-14)8-3-4-9-15/h12-14H,3-11H2,1-2H3. The van der Waals surface area contributed by atoms with E-state index in [1.165, 1.54) is 44.9 Å². The maximum absolute atomic E-state index is 6.35. The summed E-state index contributed by atoms with van der Waals surface area (Å²) in [7, 11) is 0. The van der Waals surface area contributed by atoms with E-state index in [9.17, 15) is 0 Å². The van der Waals surface area contributed by atoms with E-state index in [4.69, 9.17) is 16.3 Å². The van der Waals surface area contributed by atoms with Crippen molar-refractivity contribution in [2.75, 3.05) is 0 Å². The molecule has 1 nitrogen and oxygen atoms in total. The molecule has 1 spiro atoms. The first-order valence-electron chi connectivity index (χ1n) is 7.41. The van der Waals surface area contributed by atoms with E-state index >= 15 is 0 Å². The van der Waals surface area contributed by atoms with Gasteiger partial charge in [0, 0.05) is 5.38 Å². The van der Waals surface area contributed by atoms with Crippen LogP contribution in [0.3, 0.4) is 0 Å². The normalized spacial score (nSPS) is 29.3. The van der Waals surface area contributed by atoms with Gasteiger partial charge in [0.2, 0.25) is 0 Å². The molecule has 1 heterocycles. The van der Waals surface area contributed by atoms with Crippen molar-refractivity contribution in [3.8, 4) is 0 Å². The van der Waals surface area contributed by atoms with Crippen LogP contribution in [0.1, 0.15) is 71.6 Å². The maximum Gasteiger partial charge on any atom is 0.0687 e. The summed E-state index contributed by atoms with van der Waals surface area (Å²) in [6, 6.07) is 0. The Bertz CT molecular complexity index is 233. The quantitative estimate of drug-likeness (QED) is 0.637. The Morgan fingerprint density at radius 2 is 1.94 bits per heavy atom. The van der Waals surface area contributed by atoms with Gasteiger partial charge in [0.15, 0.2) is 0 Å². The lowest BCUT2D eigenvalue weighted by Gasteiger charge is -2.24. The molecule has 2 rings (SSSR count). The van der Waals surface area contributed by atoms with Crippen LogP contribution in [0.2, 0.25) is 0 Å². The van der Waals surface area contributed by atoms with Gasteiger partial charge in [-0.2, -0.15) is 0 Å². The molecule has 1 saturated heterocycles.